The summed E-state index contributed by atoms with van der Waals surface area (Å²) in [5.74, 6) is 4.95. The first kappa shape index (κ1) is 13.4. The maximum atomic E-state index is 11.6. The molecule has 1 amide bonds. The van der Waals surface area contributed by atoms with E-state index >= 15 is 0 Å². The lowest BCUT2D eigenvalue weighted by Crippen LogP contribution is -2.57. The molecular weight excluding hydrogens is 210 g/mol. The van der Waals surface area contributed by atoms with Crippen molar-refractivity contribution in [3.8, 4) is 0 Å². The van der Waals surface area contributed by atoms with Gasteiger partial charge in [-0.2, -0.15) is 0 Å². The van der Waals surface area contributed by atoms with Crippen molar-refractivity contribution in [3.63, 3.8) is 0 Å². The van der Waals surface area contributed by atoms with Crippen LogP contribution in [0.2, 0.25) is 0 Å². The van der Waals surface area contributed by atoms with E-state index in [1.54, 1.807) is 7.11 Å². The van der Waals surface area contributed by atoms with Crippen LogP contribution < -0.4 is 11.3 Å². The molecule has 3 atom stereocenters. The highest BCUT2D eigenvalue weighted by molar-refractivity contribution is 5.81. The molecule has 0 bridgehead atoms. The highest BCUT2D eigenvalue weighted by atomic mass is 16.5. The summed E-state index contributed by atoms with van der Waals surface area (Å²) in [7, 11) is 1.57. The maximum absolute atomic E-state index is 11.6. The van der Waals surface area contributed by atoms with E-state index in [-0.39, 0.29) is 24.2 Å². The standard InChI is InChI=1S/C10H21N3O3/c1-7-4-13(5-8(2)16-7)9(6-15-3)10(14)12-11/h7-9H,4-6,11H2,1-3H3,(H,12,14). The van der Waals surface area contributed by atoms with Crippen LogP contribution in [0.4, 0.5) is 0 Å². The number of morpholine rings is 1. The number of ether oxygens (including phenoxy) is 2. The number of hydrogen-bond donors (Lipinski definition) is 2. The number of carbonyl (C=O) groups excluding carboxylic acids is 1. The van der Waals surface area contributed by atoms with Crippen molar-refractivity contribution in [2.75, 3.05) is 26.8 Å². The van der Waals surface area contributed by atoms with Crippen LogP contribution in [0.25, 0.3) is 0 Å². The first-order valence-electron chi connectivity index (χ1n) is 5.47. The van der Waals surface area contributed by atoms with E-state index in [0.717, 1.165) is 0 Å². The first-order valence-corrected chi connectivity index (χ1v) is 5.47. The molecule has 0 aromatic heterocycles. The fourth-order valence-electron chi connectivity index (χ4n) is 2.07. The second-order valence-corrected chi connectivity index (χ2v) is 4.19. The van der Waals surface area contributed by atoms with Crippen molar-refractivity contribution in [1.82, 2.24) is 10.3 Å². The van der Waals surface area contributed by atoms with E-state index in [2.05, 4.69) is 5.43 Å². The van der Waals surface area contributed by atoms with Crippen molar-refractivity contribution in [2.45, 2.75) is 32.1 Å². The number of hydrazine groups is 1. The van der Waals surface area contributed by atoms with E-state index in [4.69, 9.17) is 15.3 Å². The molecule has 0 aromatic carbocycles. The van der Waals surface area contributed by atoms with Crippen LogP contribution in [-0.2, 0) is 14.3 Å². The van der Waals surface area contributed by atoms with Gasteiger partial charge in [0.1, 0.15) is 6.04 Å². The molecule has 0 spiro atoms. The zero-order chi connectivity index (χ0) is 12.1. The lowest BCUT2D eigenvalue weighted by atomic mass is 10.1. The number of amides is 1. The van der Waals surface area contributed by atoms with Gasteiger partial charge in [-0.05, 0) is 13.8 Å². The summed E-state index contributed by atoms with van der Waals surface area (Å²) >= 11 is 0. The SMILES string of the molecule is COCC(C(=O)NN)N1CC(C)OC(C)C1. The van der Waals surface area contributed by atoms with Gasteiger partial charge in [-0.3, -0.25) is 15.1 Å². The lowest BCUT2D eigenvalue weighted by Gasteiger charge is -2.38. The molecular formula is C10H21N3O3. The summed E-state index contributed by atoms with van der Waals surface area (Å²) in [6.45, 7) is 5.75. The van der Waals surface area contributed by atoms with Gasteiger partial charge in [0.15, 0.2) is 0 Å². The van der Waals surface area contributed by atoms with Crippen LogP contribution >= 0.6 is 0 Å². The molecule has 0 aliphatic carbocycles. The summed E-state index contributed by atoms with van der Waals surface area (Å²) in [5.41, 5.74) is 2.18. The number of nitrogens with two attached hydrogens (primary N) is 1. The molecule has 1 rings (SSSR count). The highest BCUT2D eigenvalue weighted by Gasteiger charge is 2.31. The Morgan fingerprint density at radius 1 is 1.56 bits per heavy atom. The Hall–Kier alpha value is -0.690. The molecule has 6 nitrogen and oxygen atoms in total. The summed E-state index contributed by atoms with van der Waals surface area (Å²) in [6.07, 6.45) is 0.238. The molecule has 0 aromatic rings. The molecule has 1 heterocycles. The predicted octanol–water partition coefficient (Wildman–Crippen LogP) is -0.899. The first-order chi connectivity index (χ1) is 7.58. The molecule has 3 N–H and O–H groups in total. The van der Waals surface area contributed by atoms with Crippen molar-refractivity contribution >= 4 is 5.91 Å². The number of nitrogens with one attached hydrogen (secondary N) is 1. The quantitative estimate of drug-likeness (QED) is 0.372. The summed E-state index contributed by atoms with van der Waals surface area (Å²) < 4.78 is 10.7. The molecule has 0 saturated carbocycles. The minimum absolute atomic E-state index is 0.119. The minimum Gasteiger partial charge on any atom is -0.383 e. The molecule has 3 unspecified atom stereocenters. The Morgan fingerprint density at radius 3 is 2.56 bits per heavy atom. The Kier molecular flexibility index (Phi) is 5.14. The molecule has 0 radical (unpaired) electrons. The van der Waals surface area contributed by atoms with Gasteiger partial charge in [-0.15, -0.1) is 0 Å². The predicted molar refractivity (Wildman–Crippen MR) is 59.6 cm³/mol. The van der Waals surface area contributed by atoms with Crippen LogP contribution in [0.15, 0.2) is 0 Å². The second kappa shape index (κ2) is 6.15. The molecule has 1 fully saturated rings. The van der Waals surface area contributed by atoms with Gasteiger partial charge in [-0.25, -0.2) is 5.84 Å². The molecule has 6 heteroatoms. The largest absolute Gasteiger partial charge is 0.383 e. The van der Waals surface area contributed by atoms with Gasteiger partial charge in [0.25, 0.3) is 5.91 Å². The number of nitrogens with zero attached hydrogens (tertiary/aromatic N) is 1. The van der Waals surface area contributed by atoms with Gasteiger partial charge in [-0.1, -0.05) is 0 Å². The average molecular weight is 231 g/mol. The number of methoxy groups -OCH3 is 1. The maximum Gasteiger partial charge on any atom is 0.253 e. The van der Waals surface area contributed by atoms with E-state index in [9.17, 15) is 4.79 Å². The van der Waals surface area contributed by atoms with Gasteiger partial charge >= 0.3 is 0 Å². The fraction of sp³-hybridized carbons (Fsp3) is 0.900. The van der Waals surface area contributed by atoms with Crippen molar-refractivity contribution in [3.05, 3.63) is 0 Å². The van der Waals surface area contributed by atoms with Crippen LogP contribution in [0.3, 0.4) is 0 Å². The normalized spacial score (nSPS) is 28.8. The smallest absolute Gasteiger partial charge is 0.253 e. The zero-order valence-corrected chi connectivity index (χ0v) is 10.1. The fourth-order valence-corrected chi connectivity index (χ4v) is 2.07. The van der Waals surface area contributed by atoms with Crippen molar-refractivity contribution < 1.29 is 14.3 Å². The zero-order valence-electron chi connectivity index (χ0n) is 10.1. The van der Waals surface area contributed by atoms with Crippen LogP contribution in [0.5, 0.6) is 0 Å². The van der Waals surface area contributed by atoms with E-state index in [1.165, 1.54) is 0 Å². The summed E-state index contributed by atoms with van der Waals surface area (Å²) in [6, 6.07) is -0.344. The highest BCUT2D eigenvalue weighted by Crippen LogP contribution is 2.14. The second-order valence-electron chi connectivity index (χ2n) is 4.19. The number of carbonyl (C=O) groups is 1. The molecule has 94 valence electrons. The summed E-state index contributed by atoms with van der Waals surface area (Å²) in [5, 5.41) is 0. The Balaban J connectivity index is 2.65. The average Bonchev–Trinajstić information content (AvgIpc) is 2.23. The van der Waals surface area contributed by atoms with Gasteiger partial charge in [0.05, 0.1) is 18.8 Å². The van der Waals surface area contributed by atoms with Crippen molar-refractivity contribution in [2.24, 2.45) is 5.84 Å². The minimum atomic E-state index is -0.344. The Labute approximate surface area is 96.0 Å². The Morgan fingerprint density at radius 2 is 2.12 bits per heavy atom. The molecule has 1 aliphatic heterocycles. The van der Waals surface area contributed by atoms with E-state index in [0.29, 0.717) is 19.7 Å². The van der Waals surface area contributed by atoms with Gasteiger partial charge in [0, 0.05) is 20.2 Å². The molecule has 1 aliphatic rings. The van der Waals surface area contributed by atoms with Crippen LogP contribution in [0, 0.1) is 0 Å². The summed E-state index contributed by atoms with van der Waals surface area (Å²) in [4.78, 5) is 13.7. The molecule has 16 heavy (non-hydrogen) atoms. The third kappa shape index (κ3) is 3.41. The van der Waals surface area contributed by atoms with E-state index in [1.807, 2.05) is 18.7 Å². The number of hydrogen-bond acceptors (Lipinski definition) is 5. The van der Waals surface area contributed by atoms with E-state index < -0.39 is 0 Å². The van der Waals surface area contributed by atoms with Crippen LogP contribution in [-0.4, -0.2) is 55.9 Å². The van der Waals surface area contributed by atoms with Crippen molar-refractivity contribution in [1.29, 1.82) is 0 Å². The topological polar surface area (TPSA) is 76.8 Å². The number of rotatable bonds is 4. The monoisotopic (exact) mass is 231 g/mol. The third-order valence-electron chi connectivity index (χ3n) is 2.66. The third-order valence-corrected chi connectivity index (χ3v) is 2.66. The Bertz CT molecular complexity index is 227. The molecule has 1 saturated heterocycles. The van der Waals surface area contributed by atoms with Crippen LogP contribution in [0.1, 0.15) is 13.8 Å². The van der Waals surface area contributed by atoms with Gasteiger partial charge in [0.2, 0.25) is 0 Å². The van der Waals surface area contributed by atoms with Gasteiger partial charge < -0.3 is 9.47 Å². The lowest BCUT2D eigenvalue weighted by molar-refractivity contribution is -0.136.